The summed E-state index contributed by atoms with van der Waals surface area (Å²) in [5.41, 5.74) is 1.62. The summed E-state index contributed by atoms with van der Waals surface area (Å²) in [5, 5.41) is 3.38. The minimum absolute atomic E-state index is 0.179. The van der Waals surface area contributed by atoms with Crippen molar-refractivity contribution in [3.63, 3.8) is 0 Å². The molecule has 3 nitrogen and oxygen atoms in total. The van der Waals surface area contributed by atoms with Crippen LogP contribution in [0.2, 0.25) is 0 Å². The van der Waals surface area contributed by atoms with Gasteiger partial charge in [0.05, 0.1) is 0 Å². The molecule has 0 radical (unpaired) electrons. The molecular weight excluding hydrogens is 246 g/mol. The lowest BCUT2D eigenvalue weighted by Crippen LogP contribution is -2.45. The Morgan fingerprint density at radius 3 is 2.55 bits per heavy atom. The summed E-state index contributed by atoms with van der Waals surface area (Å²) in [6, 6.07) is 10.9. The SMILES string of the molecule is CNCC(C)(CN1CCCN(C)CC1)c1ccccc1. The van der Waals surface area contributed by atoms with Crippen LogP contribution in [0.5, 0.6) is 0 Å². The van der Waals surface area contributed by atoms with E-state index in [1.807, 2.05) is 0 Å². The molecule has 0 saturated carbocycles. The summed E-state index contributed by atoms with van der Waals surface area (Å²) in [6.07, 6.45) is 1.28. The molecule has 1 aromatic carbocycles. The summed E-state index contributed by atoms with van der Waals surface area (Å²) in [7, 11) is 4.28. The maximum Gasteiger partial charge on any atom is 0.0176 e. The zero-order chi connectivity index (χ0) is 14.4. The van der Waals surface area contributed by atoms with Crippen LogP contribution in [-0.4, -0.2) is 63.2 Å². The Morgan fingerprint density at radius 2 is 1.85 bits per heavy atom. The molecule has 2 rings (SSSR count). The monoisotopic (exact) mass is 275 g/mol. The Hall–Kier alpha value is -0.900. The molecule has 1 N–H and O–H groups in total. The van der Waals surface area contributed by atoms with E-state index < -0.39 is 0 Å². The largest absolute Gasteiger partial charge is 0.319 e. The Bertz CT molecular complexity index is 392. The molecule has 0 aromatic heterocycles. The number of likely N-dealkylation sites (N-methyl/N-ethyl adjacent to an activating group) is 2. The second kappa shape index (κ2) is 7.21. The number of hydrogen-bond donors (Lipinski definition) is 1. The van der Waals surface area contributed by atoms with Gasteiger partial charge in [-0.15, -0.1) is 0 Å². The summed E-state index contributed by atoms with van der Waals surface area (Å²) in [5.74, 6) is 0. The van der Waals surface area contributed by atoms with Crippen LogP contribution in [0.15, 0.2) is 30.3 Å². The van der Waals surface area contributed by atoms with Crippen LogP contribution < -0.4 is 5.32 Å². The van der Waals surface area contributed by atoms with Gasteiger partial charge in [0, 0.05) is 31.6 Å². The van der Waals surface area contributed by atoms with Gasteiger partial charge in [-0.1, -0.05) is 37.3 Å². The molecule has 0 amide bonds. The summed E-state index contributed by atoms with van der Waals surface area (Å²) in [6.45, 7) is 9.34. The molecule has 1 unspecified atom stereocenters. The minimum Gasteiger partial charge on any atom is -0.319 e. The molecule has 1 aliphatic rings. The molecule has 0 aliphatic carbocycles. The average Bonchev–Trinajstić information content (AvgIpc) is 2.65. The van der Waals surface area contributed by atoms with Gasteiger partial charge in [0.15, 0.2) is 0 Å². The van der Waals surface area contributed by atoms with Gasteiger partial charge < -0.3 is 15.1 Å². The fraction of sp³-hybridized carbons (Fsp3) is 0.647. The van der Waals surface area contributed by atoms with Gasteiger partial charge in [0.1, 0.15) is 0 Å². The molecule has 112 valence electrons. The number of hydrogen-bond acceptors (Lipinski definition) is 3. The normalized spacial score (nSPS) is 21.4. The Balaban J connectivity index is 2.08. The molecule has 1 fully saturated rings. The van der Waals surface area contributed by atoms with Crippen LogP contribution in [0.25, 0.3) is 0 Å². The predicted molar refractivity (Wildman–Crippen MR) is 86.3 cm³/mol. The first-order valence-corrected chi connectivity index (χ1v) is 7.75. The highest BCUT2D eigenvalue weighted by molar-refractivity contribution is 5.25. The first kappa shape index (κ1) is 15.5. The second-order valence-corrected chi connectivity index (χ2v) is 6.39. The molecule has 1 atom stereocenters. The van der Waals surface area contributed by atoms with Crippen molar-refractivity contribution in [1.29, 1.82) is 0 Å². The van der Waals surface area contributed by atoms with Crippen LogP contribution in [0.1, 0.15) is 18.9 Å². The standard InChI is InChI=1S/C17H29N3/c1-17(14-18-2,16-8-5-4-6-9-16)15-20-11-7-10-19(3)12-13-20/h4-6,8-9,18H,7,10-15H2,1-3H3. The summed E-state index contributed by atoms with van der Waals surface area (Å²) >= 11 is 0. The van der Waals surface area contributed by atoms with Crippen molar-refractivity contribution < 1.29 is 0 Å². The van der Waals surface area contributed by atoms with Crippen molar-refractivity contribution in [2.24, 2.45) is 0 Å². The van der Waals surface area contributed by atoms with Crippen LogP contribution in [-0.2, 0) is 5.41 Å². The van der Waals surface area contributed by atoms with Crippen molar-refractivity contribution >= 4 is 0 Å². The van der Waals surface area contributed by atoms with Crippen molar-refractivity contribution in [2.75, 3.05) is 53.4 Å². The molecular formula is C17H29N3. The van der Waals surface area contributed by atoms with Crippen LogP contribution in [0, 0.1) is 0 Å². The van der Waals surface area contributed by atoms with Gasteiger partial charge in [0.25, 0.3) is 0 Å². The lowest BCUT2D eigenvalue weighted by molar-refractivity contribution is 0.217. The van der Waals surface area contributed by atoms with E-state index in [-0.39, 0.29) is 5.41 Å². The van der Waals surface area contributed by atoms with E-state index in [0.717, 1.165) is 13.1 Å². The highest BCUT2D eigenvalue weighted by Crippen LogP contribution is 2.24. The minimum atomic E-state index is 0.179. The average molecular weight is 275 g/mol. The molecule has 1 heterocycles. The maximum atomic E-state index is 3.38. The third kappa shape index (κ3) is 4.05. The quantitative estimate of drug-likeness (QED) is 0.884. The zero-order valence-corrected chi connectivity index (χ0v) is 13.2. The topological polar surface area (TPSA) is 18.5 Å². The van der Waals surface area contributed by atoms with E-state index in [0.29, 0.717) is 0 Å². The maximum absolute atomic E-state index is 3.38. The first-order chi connectivity index (χ1) is 9.64. The number of rotatable bonds is 5. The van der Waals surface area contributed by atoms with Gasteiger partial charge in [0.2, 0.25) is 0 Å². The van der Waals surface area contributed by atoms with Gasteiger partial charge in [-0.05, 0) is 39.2 Å². The summed E-state index contributed by atoms with van der Waals surface area (Å²) in [4.78, 5) is 5.08. The number of benzene rings is 1. The fourth-order valence-electron chi connectivity index (χ4n) is 3.23. The number of nitrogens with zero attached hydrogens (tertiary/aromatic N) is 2. The van der Waals surface area contributed by atoms with E-state index in [1.54, 1.807) is 0 Å². The highest BCUT2D eigenvalue weighted by atomic mass is 15.2. The van der Waals surface area contributed by atoms with E-state index in [1.165, 1.54) is 38.2 Å². The van der Waals surface area contributed by atoms with Crippen molar-refractivity contribution in [3.05, 3.63) is 35.9 Å². The van der Waals surface area contributed by atoms with Gasteiger partial charge in [-0.25, -0.2) is 0 Å². The molecule has 0 bridgehead atoms. The Morgan fingerprint density at radius 1 is 1.10 bits per heavy atom. The first-order valence-electron chi connectivity index (χ1n) is 7.75. The van der Waals surface area contributed by atoms with Crippen molar-refractivity contribution in [3.8, 4) is 0 Å². The van der Waals surface area contributed by atoms with E-state index in [2.05, 4.69) is 66.5 Å². The predicted octanol–water partition coefficient (Wildman–Crippen LogP) is 1.80. The Labute approximate surface area is 124 Å². The molecule has 3 heteroatoms. The third-order valence-electron chi connectivity index (χ3n) is 4.42. The molecule has 0 spiro atoms. The molecule has 1 aromatic rings. The smallest absolute Gasteiger partial charge is 0.0176 e. The van der Waals surface area contributed by atoms with Crippen LogP contribution in [0.3, 0.4) is 0 Å². The lowest BCUT2D eigenvalue weighted by Gasteiger charge is -2.35. The highest BCUT2D eigenvalue weighted by Gasteiger charge is 2.29. The van der Waals surface area contributed by atoms with E-state index in [4.69, 9.17) is 0 Å². The molecule has 1 saturated heterocycles. The van der Waals surface area contributed by atoms with Gasteiger partial charge in [-0.3, -0.25) is 0 Å². The van der Waals surface area contributed by atoms with Crippen LogP contribution >= 0.6 is 0 Å². The fourth-order valence-corrected chi connectivity index (χ4v) is 3.23. The van der Waals surface area contributed by atoms with Gasteiger partial charge in [-0.2, -0.15) is 0 Å². The van der Waals surface area contributed by atoms with Gasteiger partial charge >= 0.3 is 0 Å². The lowest BCUT2D eigenvalue weighted by atomic mass is 9.81. The van der Waals surface area contributed by atoms with E-state index in [9.17, 15) is 0 Å². The second-order valence-electron chi connectivity index (χ2n) is 6.39. The number of nitrogens with one attached hydrogen (secondary N) is 1. The Kier molecular flexibility index (Phi) is 5.58. The zero-order valence-electron chi connectivity index (χ0n) is 13.2. The van der Waals surface area contributed by atoms with Crippen molar-refractivity contribution in [1.82, 2.24) is 15.1 Å². The summed E-state index contributed by atoms with van der Waals surface area (Å²) < 4.78 is 0. The van der Waals surface area contributed by atoms with Crippen molar-refractivity contribution in [2.45, 2.75) is 18.8 Å². The third-order valence-corrected chi connectivity index (χ3v) is 4.42. The van der Waals surface area contributed by atoms with Crippen LogP contribution in [0.4, 0.5) is 0 Å². The van der Waals surface area contributed by atoms with E-state index >= 15 is 0 Å². The molecule has 20 heavy (non-hydrogen) atoms. The molecule has 1 aliphatic heterocycles.